The zero-order chi connectivity index (χ0) is 16.3. The Labute approximate surface area is 123 Å². The first-order valence-electron chi connectivity index (χ1n) is 6.03. The summed E-state index contributed by atoms with van der Waals surface area (Å²) >= 11 is 0. The zero-order valence-electron chi connectivity index (χ0n) is 11.6. The predicted octanol–water partition coefficient (Wildman–Crippen LogP) is 3.33. The fourth-order valence-corrected chi connectivity index (χ4v) is 1.76. The van der Waals surface area contributed by atoms with Gasteiger partial charge in [0.05, 0.1) is 9.85 Å². The zero-order valence-corrected chi connectivity index (χ0v) is 11.6. The molecular weight excluding hydrogens is 292 g/mol. The summed E-state index contributed by atoms with van der Waals surface area (Å²) in [6.45, 7) is 3.07. The van der Waals surface area contributed by atoms with Gasteiger partial charge in [0.15, 0.2) is 0 Å². The lowest BCUT2D eigenvalue weighted by atomic mass is 10.2. The van der Waals surface area contributed by atoms with Crippen molar-refractivity contribution in [2.45, 2.75) is 13.8 Å². The molecule has 2 rings (SSSR count). The highest BCUT2D eigenvalue weighted by Crippen LogP contribution is 2.32. The van der Waals surface area contributed by atoms with Crippen molar-refractivity contribution in [3.05, 3.63) is 55.9 Å². The van der Waals surface area contributed by atoms with Crippen molar-refractivity contribution in [3.63, 3.8) is 0 Å². The van der Waals surface area contributed by atoms with E-state index in [9.17, 15) is 20.2 Å². The third kappa shape index (κ3) is 2.90. The van der Waals surface area contributed by atoms with Crippen molar-refractivity contribution in [3.8, 4) is 0 Å². The van der Waals surface area contributed by atoms with E-state index < -0.39 is 9.85 Å². The number of hydrogen-bond donors (Lipinski definition) is 0. The molecule has 2 heterocycles. The molecule has 2 aromatic rings. The topological polar surface area (TPSA) is 137 Å². The molecule has 0 bridgehead atoms. The van der Waals surface area contributed by atoms with E-state index in [-0.39, 0.29) is 23.0 Å². The highest BCUT2D eigenvalue weighted by atomic mass is 16.6. The van der Waals surface area contributed by atoms with Crippen molar-refractivity contribution in [2.75, 3.05) is 0 Å². The van der Waals surface area contributed by atoms with Crippen molar-refractivity contribution in [1.82, 2.24) is 9.97 Å². The van der Waals surface area contributed by atoms with Gasteiger partial charge in [-0.1, -0.05) is 0 Å². The van der Waals surface area contributed by atoms with E-state index in [0.29, 0.717) is 11.1 Å². The fourth-order valence-electron chi connectivity index (χ4n) is 1.76. The second-order valence-electron chi connectivity index (χ2n) is 4.31. The smallest absolute Gasteiger partial charge is 0.258 e. The molecule has 112 valence electrons. The normalized spacial score (nSPS) is 10.8. The molecule has 22 heavy (non-hydrogen) atoms. The van der Waals surface area contributed by atoms with Crippen LogP contribution < -0.4 is 0 Å². The number of rotatable bonds is 4. The maximum absolute atomic E-state index is 11.0. The van der Waals surface area contributed by atoms with Gasteiger partial charge in [-0.3, -0.25) is 20.2 Å². The number of pyridine rings is 2. The minimum absolute atomic E-state index is 0.234. The first-order valence-corrected chi connectivity index (χ1v) is 6.03. The molecule has 0 saturated carbocycles. The Balaban J connectivity index is 2.51. The summed E-state index contributed by atoms with van der Waals surface area (Å²) in [6, 6.07) is 2.93. The van der Waals surface area contributed by atoms with Gasteiger partial charge >= 0.3 is 11.4 Å². The summed E-state index contributed by atoms with van der Waals surface area (Å²) in [5.41, 5.74) is 0.115. The van der Waals surface area contributed by atoms with Crippen molar-refractivity contribution in [1.29, 1.82) is 0 Å². The summed E-state index contributed by atoms with van der Waals surface area (Å²) in [7, 11) is 0. The van der Waals surface area contributed by atoms with Gasteiger partial charge in [0, 0.05) is 23.5 Å². The molecule has 0 radical (unpaired) electrons. The Bertz CT molecular complexity index is 724. The molecule has 0 aliphatic heterocycles. The quantitative estimate of drug-likeness (QED) is 0.482. The minimum Gasteiger partial charge on any atom is -0.258 e. The molecule has 0 amide bonds. The maximum Gasteiger partial charge on any atom is 0.318 e. The van der Waals surface area contributed by atoms with Gasteiger partial charge < -0.3 is 0 Å². The predicted molar refractivity (Wildman–Crippen MR) is 75.4 cm³/mol. The number of aryl methyl sites for hydroxylation is 2. The molecule has 0 spiro atoms. The summed E-state index contributed by atoms with van der Waals surface area (Å²) in [5, 5.41) is 29.3. The van der Waals surface area contributed by atoms with Crippen LogP contribution in [0.5, 0.6) is 0 Å². The second kappa shape index (κ2) is 5.99. The Kier molecular flexibility index (Phi) is 4.11. The largest absolute Gasteiger partial charge is 0.318 e. The third-order valence-corrected chi connectivity index (χ3v) is 2.82. The number of nitrogens with zero attached hydrogens (tertiary/aromatic N) is 6. The van der Waals surface area contributed by atoms with E-state index in [1.165, 1.54) is 38.4 Å². The van der Waals surface area contributed by atoms with E-state index >= 15 is 0 Å². The van der Waals surface area contributed by atoms with Crippen molar-refractivity contribution >= 4 is 23.0 Å². The average molecular weight is 302 g/mol. The van der Waals surface area contributed by atoms with E-state index in [0.717, 1.165) is 0 Å². The molecule has 0 aromatic carbocycles. The van der Waals surface area contributed by atoms with Gasteiger partial charge in [-0.05, 0) is 26.0 Å². The van der Waals surface area contributed by atoms with Gasteiger partial charge in [0.2, 0.25) is 0 Å². The molecule has 10 heteroatoms. The first kappa shape index (κ1) is 15.1. The lowest BCUT2D eigenvalue weighted by Gasteiger charge is -2.00. The number of nitro groups is 2. The van der Waals surface area contributed by atoms with Crippen LogP contribution >= 0.6 is 0 Å². The summed E-state index contributed by atoms with van der Waals surface area (Å²) in [5.74, 6) is -0.467. The molecule has 0 aliphatic carbocycles. The summed E-state index contributed by atoms with van der Waals surface area (Å²) in [4.78, 5) is 28.3. The average Bonchev–Trinajstić information content (AvgIpc) is 2.44. The van der Waals surface area contributed by atoms with Crippen molar-refractivity contribution in [2.24, 2.45) is 10.2 Å². The Morgan fingerprint density at radius 2 is 1.23 bits per heavy atom. The lowest BCUT2D eigenvalue weighted by Crippen LogP contribution is -1.94. The Hall–Kier alpha value is -3.30. The number of hydrogen-bond acceptors (Lipinski definition) is 8. The van der Waals surface area contributed by atoms with Gasteiger partial charge in [-0.2, -0.15) is 0 Å². The molecule has 0 aliphatic rings. The van der Waals surface area contributed by atoms with Crippen LogP contribution in [0.25, 0.3) is 0 Å². The van der Waals surface area contributed by atoms with E-state index in [2.05, 4.69) is 20.2 Å². The van der Waals surface area contributed by atoms with Crippen LogP contribution in [0, 0.1) is 34.1 Å². The standard InChI is InChI=1S/C12H10N6O4/c1-7-3-5-13-11(9(7)17(19)20)15-16-12-10(18(21)22)8(2)4-6-14-12/h3-6H,1-2H3. The number of aromatic nitrogens is 2. The Morgan fingerprint density at radius 1 is 0.864 bits per heavy atom. The van der Waals surface area contributed by atoms with Crippen LogP contribution in [0.2, 0.25) is 0 Å². The monoisotopic (exact) mass is 302 g/mol. The summed E-state index contributed by atoms with van der Waals surface area (Å²) in [6.07, 6.45) is 2.68. The molecular formula is C12H10N6O4. The van der Waals surface area contributed by atoms with Gasteiger partial charge in [-0.15, -0.1) is 10.2 Å². The molecule has 0 fully saturated rings. The second-order valence-corrected chi connectivity index (χ2v) is 4.31. The van der Waals surface area contributed by atoms with E-state index in [1.54, 1.807) is 0 Å². The van der Waals surface area contributed by atoms with Crippen molar-refractivity contribution < 1.29 is 9.85 Å². The van der Waals surface area contributed by atoms with Gasteiger partial charge in [0.1, 0.15) is 0 Å². The van der Waals surface area contributed by atoms with Gasteiger partial charge in [-0.25, -0.2) is 9.97 Å². The summed E-state index contributed by atoms with van der Waals surface area (Å²) < 4.78 is 0. The molecule has 2 aromatic heterocycles. The van der Waals surface area contributed by atoms with Crippen LogP contribution in [-0.4, -0.2) is 19.8 Å². The first-order chi connectivity index (χ1) is 10.4. The van der Waals surface area contributed by atoms with Crippen LogP contribution in [-0.2, 0) is 0 Å². The Morgan fingerprint density at radius 3 is 1.55 bits per heavy atom. The highest BCUT2D eigenvalue weighted by Gasteiger charge is 2.21. The van der Waals surface area contributed by atoms with Crippen LogP contribution in [0.1, 0.15) is 11.1 Å². The molecule has 0 saturated heterocycles. The van der Waals surface area contributed by atoms with Crippen LogP contribution in [0.4, 0.5) is 23.0 Å². The molecule has 10 nitrogen and oxygen atoms in total. The van der Waals surface area contributed by atoms with Crippen LogP contribution in [0.15, 0.2) is 34.8 Å². The van der Waals surface area contributed by atoms with E-state index in [4.69, 9.17) is 0 Å². The molecule has 0 unspecified atom stereocenters. The molecule has 0 N–H and O–H groups in total. The van der Waals surface area contributed by atoms with Gasteiger partial charge in [0.25, 0.3) is 11.6 Å². The number of azo groups is 1. The SMILES string of the molecule is Cc1ccnc(N=Nc2nccc(C)c2[N+](=O)[O-])c1[N+](=O)[O-]. The third-order valence-electron chi connectivity index (χ3n) is 2.82. The molecule has 0 atom stereocenters. The lowest BCUT2D eigenvalue weighted by molar-refractivity contribution is -0.385. The fraction of sp³-hybridized carbons (Fsp3) is 0.167. The highest BCUT2D eigenvalue weighted by molar-refractivity contribution is 5.58. The van der Waals surface area contributed by atoms with E-state index in [1.807, 2.05) is 0 Å². The minimum atomic E-state index is -0.630. The maximum atomic E-state index is 11.0. The van der Waals surface area contributed by atoms with Crippen LogP contribution in [0.3, 0.4) is 0 Å².